The zero-order valence-corrected chi connectivity index (χ0v) is 23.4. The zero-order valence-electron chi connectivity index (χ0n) is 23.4. The van der Waals surface area contributed by atoms with E-state index in [9.17, 15) is 14.7 Å². The first-order chi connectivity index (χ1) is 18.7. The van der Waals surface area contributed by atoms with Crippen LogP contribution in [0.4, 0.5) is 5.69 Å². The molecule has 1 aliphatic heterocycles. The molecule has 1 saturated heterocycles. The molecular weight excluding hydrogens is 490 g/mol. The van der Waals surface area contributed by atoms with E-state index < -0.39 is 17.7 Å². The molecule has 3 aromatic carbocycles. The van der Waals surface area contributed by atoms with Gasteiger partial charge in [-0.15, -0.1) is 0 Å². The van der Waals surface area contributed by atoms with Gasteiger partial charge in [0.2, 0.25) is 0 Å². The van der Waals surface area contributed by atoms with E-state index in [4.69, 9.17) is 9.47 Å². The van der Waals surface area contributed by atoms with Gasteiger partial charge in [0.25, 0.3) is 11.7 Å². The fourth-order valence-corrected chi connectivity index (χ4v) is 4.73. The lowest BCUT2D eigenvalue weighted by Crippen LogP contribution is -2.29. The summed E-state index contributed by atoms with van der Waals surface area (Å²) >= 11 is 0. The Kier molecular flexibility index (Phi) is 8.44. The second kappa shape index (κ2) is 11.8. The molecule has 1 N–H and O–H groups in total. The third kappa shape index (κ3) is 6.00. The van der Waals surface area contributed by atoms with E-state index in [1.807, 2.05) is 36.4 Å². The van der Waals surface area contributed by atoms with Crippen molar-refractivity contribution in [3.05, 3.63) is 95.1 Å². The van der Waals surface area contributed by atoms with Gasteiger partial charge >= 0.3 is 0 Å². The molecule has 39 heavy (non-hydrogen) atoms. The molecule has 0 aromatic heterocycles. The molecule has 0 aliphatic carbocycles. The van der Waals surface area contributed by atoms with Gasteiger partial charge in [0.1, 0.15) is 17.3 Å². The maximum absolute atomic E-state index is 13.5. The third-order valence-corrected chi connectivity index (χ3v) is 7.03. The average molecular weight is 528 g/mol. The van der Waals surface area contributed by atoms with Gasteiger partial charge in [-0.1, -0.05) is 64.8 Å². The topological polar surface area (TPSA) is 76.1 Å². The number of aliphatic hydroxyl groups is 1. The molecule has 4 rings (SSSR count). The number of rotatable bonds is 9. The van der Waals surface area contributed by atoms with Crippen LogP contribution in [0.25, 0.3) is 5.76 Å². The van der Waals surface area contributed by atoms with Gasteiger partial charge < -0.3 is 14.6 Å². The lowest BCUT2D eigenvalue weighted by Gasteiger charge is -2.27. The Hall–Kier alpha value is -4.06. The minimum Gasteiger partial charge on any atom is -0.507 e. The Balaban J connectivity index is 1.76. The highest BCUT2D eigenvalue weighted by Crippen LogP contribution is 2.43. The van der Waals surface area contributed by atoms with Crippen LogP contribution in [0.1, 0.15) is 69.7 Å². The molecule has 6 heteroatoms. The number of carbonyl (C=O) groups is 2. The molecule has 1 unspecified atom stereocenters. The maximum atomic E-state index is 13.5. The average Bonchev–Trinajstić information content (AvgIpc) is 3.20. The molecule has 3 aromatic rings. The van der Waals surface area contributed by atoms with E-state index in [-0.39, 0.29) is 16.7 Å². The predicted molar refractivity (Wildman–Crippen MR) is 154 cm³/mol. The largest absolute Gasteiger partial charge is 0.507 e. The van der Waals surface area contributed by atoms with Crippen LogP contribution in [-0.2, 0) is 15.0 Å². The van der Waals surface area contributed by atoms with Crippen LogP contribution in [-0.4, -0.2) is 30.5 Å². The molecule has 6 nitrogen and oxygen atoms in total. The molecule has 0 spiro atoms. The smallest absolute Gasteiger partial charge is 0.300 e. The van der Waals surface area contributed by atoms with Crippen LogP contribution < -0.4 is 14.4 Å². The number of benzene rings is 3. The first-order valence-electron chi connectivity index (χ1n) is 13.4. The van der Waals surface area contributed by atoms with Crippen LogP contribution in [0.15, 0.2) is 78.4 Å². The standard InChI is InChI=1S/C33H37NO5/c1-6-7-8-21-39-27-19-11-23(12-20-27)30(35)28-29(22-9-17-26(38-5)18-10-22)34(32(37)31(28)36)25-15-13-24(14-16-25)33(2,3)4/h9-20,29,35H,6-8,21H2,1-5H3/b30-28+. The molecule has 0 radical (unpaired) electrons. The molecule has 1 heterocycles. The van der Waals surface area contributed by atoms with E-state index in [0.29, 0.717) is 34.9 Å². The summed E-state index contributed by atoms with van der Waals surface area (Å²) in [6, 6.07) is 21.0. The Morgan fingerprint density at radius 3 is 2.05 bits per heavy atom. The predicted octanol–water partition coefficient (Wildman–Crippen LogP) is 7.19. The summed E-state index contributed by atoms with van der Waals surface area (Å²) in [6.45, 7) is 9.12. The van der Waals surface area contributed by atoms with Crippen LogP contribution in [0, 0.1) is 0 Å². The maximum Gasteiger partial charge on any atom is 0.300 e. The van der Waals surface area contributed by atoms with E-state index >= 15 is 0 Å². The van der Waals surface area contributed by atoms with Crippen molar-refractivity contribution < 1.29 is 24.2 Å². The highest BCUT2D eigenvalue weighted by Gasteiger charge is 2.47. The molecular formula is C33H37NO5. The number of anilines is 1. The van der Waals surface area contributed by atoms with Gasteiger partial charge in [-0.3, -0.25) is 14.5 Å². The van der Waals surface area contributed by atoms with Gasteiger partial charge in [0.15, 0.2) is 0 Å². The lowest BCUT2D eigenvalue weighted by atomic mass is 9.87. The van der Waals surface area contributed by atoms with E-state index in [1.165, 1.54) is 4.90 Å². The Morgan fingerprint density at radius 2 is 1.49 bits per heavy atom. The number of hydrogen-bond acceptors (Lipinski definition) is 5. The number of ether oxygens (including phenoxy) is 2. The van der Waals surface area contributed by atoms with E-state index in [1.54, 1.807) is 43.5 Å². The minimum absolute atomic E-state index is 0.0432. The van der Waals surface area contributed by atoms with Gasteiger partial charge in [-0.2, -0.15) is 0 Å². The van der Waals surface area contributed by atoms with Crippen molar-refractivity contribution >= 4 is 23.1 Å². The highest BCUT2D eigenvalue weighted by molar-refractivity contribution is 6.51. The number of nitrogens with zero attached hydrogens (tertiary/aromatic N) is 1. The monoisotopic (exact) mass is 527 g/mol. The summed E-state index contributed by atoms with van der Waals surface area (Å²) in [6.07, 6.45) is 3.19. The van der Waals surface area contributed by atoms with Crippen molar-refractivity contribution in [2.45, 2.75) is 58.4 Å². The number of amides is 1. The molecule has 1 amide bonds. The van der Waals surface area contributed by atoms with Crippen LogP contribution in [0.3, 0.4) is 0 Å². The number of Topliss-reactive ketones (excluding diaryl/α,β-unsaturated/α-hetero) is 1. The molecule has 1 fully saturated rings. The van der Waals surface area contributed by atoms with Crippen molar-refractivity contribution in [3.8, 4) is 11.5 Å². The number of carbonyl (C=O) groups excluding carboxylic acids is 2. The fourth-order valence-electron chi connectivity index (χ4n) is 4.73. The molecule has 204 valence electrons. The summed E-state index contributed by atoms with van der Waals surface area (Å²) in [7, 11) is 1.58. The number of hydrogen-bond donors (Lipinski definition) is 1. The normalized spacial score (nSPS) is 16.9. The van der Waals surface area contributed by atoms with Crippen LogP contribution in [0.5, 0.6) is 11.5 Å². The molecule has 0 saturated carbocycles. The van der Waals surface area contributed by atoms with Gasteiger partial charge in [-0.25, -0.2) is 0 Å². The number of ketones is 1. The van der Waals surface area contributed by atoms with E-state index in [2.05, 4.69) is 27.7 Å². The summed E-state index contributed by atoms with van der Waals surface area (Å²) in [5, 5.41) is 11.4. The molecule has 1 aliphatic rings. The molecule has 1 atom stereocenters. The Morgan fingerprint density at radius 1 is 0.872 bits per heavy atom. The van der Waals surface area contributed by atoms with Gasteiger partial charge in [-0.05, 0) is 71.5 Å². The Labute approximate surface area is 230 Å². The lowest BCUT2D eigenvalue weighted by molar-refractivity contribution is -0.132. The van der Waals surface area contributed by atoms with Crippen molar-refractivity contribution in [1.82, 2.24) is 0 Å². The summed E-state index contributed by atoms with van der Waals surface area (Å²) in [5.41, 5.74) is 2.81. The SMILES string of the molecule is CCCCCOc1ccc(/C(O)=C2\C(=O)C(=O)N(c3ccc(C(C)(C)C)cc3)C2c2ccc(OC)cc2)cc1. The fraction of sp³-hybridized carbons (Fsp3) is 0.333. The van der Waals surface area contributed by atoms with Crippen molar-refractivity contribution in [3.63, 3.8) is 0 Å². The summed E-state index contributed by atoms with van der Waals surface area (Å²) in [5.74, 6) is -0.293. The van der Waals surface area contributed by atoms with E-state index in [0.717, 1.165) is 24.8 Å². The second-order valence-electron chi connectivity index (χ2n) is 10.8. The first kappa shape index (κ1) is 28.0. The summed E-state index contributed by atoms with van der Waals surface area (Å²) in [4.78, 5) is 28.4. The number of aliphatic hydroxyl groups excluding tert-OH is 1. The van der Waals surface area contributed by atoms with Crippen LogP contribution >= 0.6 is 0 Å². The van der Waals surface area contributed by atoms with Gasteiger partial charge in [0, 0.05) is 11.3 Å². The highest BCUT2D eigenvalue weighted by atomic mass is 16.5. The van der Waals surface area contributed by atoms with Crippen LogP contribution in [0.2, 0.25) is 0 Å². The Bertz CT molecular complexity index is 1330. The zero-order chi connectivity index (χ0) is 28.2. The first-order valence-corrected chi connectivity index (χ1v) is 13.4. The molecule has 0 bridgehead atoms. The van der Waals surface area contributed by atoms with Gasteiger partial charge in [0.05, 0.1) is 25.3 Å². The second-order valence-corrected chi connectivity index (χ2v) is 10.8. The third-order valence-electron chi connectivity index (χ3n) is 7.03. The number of methoxy groups -OCH3 is 1. The minimum atomic E-state index is -0.804. The van der Waals surface area contributed by atoms with Crippen molar-refractivity contribution in [2.24, 2.45) is 0 Å². The number of unbranched alkanes of at least 4 members (excludes halogenated alkanes) is 2. The van der Waals surface area contributed by atoms with Crippen molar-refractivity contribution in [2.75, 3.05) is 18.6 Å². The summed E-state index contributed by atoms with van der Waals surface area (Å²) < 4.78 is 11.1. The van der Waals surface area contributed by atoms with Crippen molar-refractivity contribution in [1.29, 1.82) is 0 Å². The quantitative estimate of drug-likeness (QED) is 0.138.